The molecule has 0 aromatic heterocycles. The minimum Gasteiger partial charge on any atom is -0.330 e. The molecule has 158 valence electrons. The molecule has 1 aromatic carbocycles. The van der Waals surface area contributed by atoms with Crippen LogP contribution in [0.1, 0.15) is 64.8 Å². The van der Waals surface area contributed by atoms with E-state index in [9.17, 15) is 19.2 Å². The molecule has 4 heterocycles. The van der Waals surface area contributed by atoms with Crippen molar-refractivity contribution in [3.63, 3.8) is 0 Å². The lowest BCUT2D eigenvalue weighted by Gasteiger charge is -2.39. The Hall–Kier alpha value is -2.58. The average Bonchev–Trinajstić information content (AvgIpc) is 3.11. The van der Waals surface area contributed by atoms with Gasteiger partial charge in [-0.3, -0.25) is 34.3 Å². The van der Waals surface area contributed by atoms with Gasteiger partial charge in [0, 0.05) is 25.0 Å². The van der Waals surface area contributed by atoms with Crippen LogP contribution in [0.4, 0.5) is 0 Å². The van der Waals surface area contributed by atoms with Crippen molar-refractivity contribution in [2.45, 2.75) is 63.2 Å². The minimum atomic E-state index is -0.931. The summed E-state index contributed by atoms with van der Waals surface area (Å²) in [6.07, 6.45) is 4.74. The average molecular weight is 410 g/mol. The third-order valence-electron chi connectivity index (χ3n) is 7.22. The number of benzene rings is 1. The zero-order valence-electron chi connectivity index (χ0n) is 16.8. The molecule has 3 unspecified atom stereocenters. The van der Waals surface area contributed by atoms with Gasteiger partial charge in [-0.25, -0.2) is 0 Å². The molecule has 0 aliphatic carbocycles. The quantitative estimate of drug-likeness (QED) is 0.710. The molecule has 0 spiro atoms. The molecule has 3 N–H and O–H groups in total. The van der Waals surface area contributed by atoms with Crippen LogP contribution in [0.2, 0.25) is 0 Å². The molecule has 30 heavy (non-hydrogen) atoms. The molecule has 4 aliphatic rings. The Morgan fingerprint density at radius 1 is 1.00 bits per heavy atom. The SMILES string of the molecule is NCC1CC2CCC(C1)N2Cc1cccc2c1C(=O)N(C1CCC(=O)NC1=O)C2=O. The summed E-state index contributed by atoms with van der Waals surface area (Å²) in [5, 5.41) is 2.24. The van der Waals surface area contributed by atoms with Gasteiger partial charge in [-0.15, -0.1) is 0 Å². The summed E-state index contributed by atoms with van der Waals surface area (Å²) in [6, 6.07) is 5.37. The lowest BCUT2D eigenvalue weighted by atomic mass is 9.90. The van der Waals surface area contributed by atoms with Crippen LogP contribution in [0.25, 0.3) is 0 Å². The highest BCUT2D eigenvalue weighted by molar-refractivity contribution is 6.24. The highest BCUT2D eigenvalue weighted by atomic mass is 16.2. The highest BCUT2D eigenvalue weighted by Crippen LogP contribution is 2.40. The number of nitrogens with zero attached hydrogens (tertiary/aromatic N) is 2. The van der Waals surface area contributed by atoms with Crippen molar-refractivity contribution >= 4 is 23.6 Å². The van der Waals surface area contributed by atoms with Gasteiger partial charge in [-0.2, -0.15) is 0 Å². The van der Waals surface area contributed by atoms with Crippen molar-refractivity contribution in [1.82, 2.24) is 15.1 Å². The number of carbonyl (C=O) groups excluding carboxylic acids is 4. The second-order valence-corrected chi connectivity index (χ2v) is 8.92. The zero-order valence-corrected chi connectivity index (χ0v) is 16.8. The largest absolute Gasteiger partial charge is 0.330 e. The molecule has 1 aromatic rings. The van der Waals surface area contributed by atoms with Gasteiger partial charge in [-0.1, -0.05) is 12.1 Å². The maximum atomic E-state index is 13.3. The summed E-state index contributed by atoms with van der Waals surface area (Å²) in [5.74, 6) is -1.26. The Morgan fingerprint density at radius 3 is 2.40 bits per heavy atom. The lowest BCUT2D eigenvalue weighted by molar-refractivity contribution is -0.136. The van der Waals surface area contributed by atoms with Gasteiger partial charge in [0.05, 0.1) is 11.1 Å². The van der Waals surface area contributed by atoms with Crippen LogP contribution in [-0.2, 0) is 16.1 Å². The minimum absolute atomic E-state index is 0.121. The van der Waals surface area contributed by atoms with Gasteiger partial charge >= 0.3 is 0 Å². The van der Waals surface area contributed by atoms with Crippen molar-refractivity contribution in [2.24, 2.45) is 11.7 Å². The van der Waals surface area contributed by atoms with E-state index in [4.69, 9.17) is 5.73 Å². The monoisotopic (exact) mass is 410 g/mol. The first-order chi connectivity index (χ1) is 14.5. The third-order valence-corrected chi connectivity index (χ3v) is 7.22. The van der Waals surface area contributed by atoms with Crippen molar-refractivity contribution in [3.05, 3.63) is 34.9 Å². The van der Waals surface area contributed by atoms with Gasteiger partial charge < -0.3 is 5.73 Å². The van der Waals surface area contributed by atoms with E-state index in [-0.39, 0.29) is 18.7 Å². The number of imide groups is 2. The first kappa shape index (κ1) is 19.4. The maximum absolute atomic E-state index is 13.3. The number of amides is 4. The fourth-order valence-electron chi connectivity index (χ4n) is 5.75. The number of fused-ring (bicyclic) bond motifs is 3. The van der Waals surface area contributed by atoms with E-state index in [0.29, 0.717) is 35.7 Å². The Morgan fingerprint density at radius 2 is 1.73 bits per heavy atom. The van der Waals surface area contributed by atoms with Gasteiger partial charge in [0.1, 0.15) is 6.04 Å². The predicted octanol–water partition coefficient (Wildman–Crippen LogP) is 0.790. The van der Waals surface area contributed by atoms with E-state index in [1.165, 1.54) is 0 Å². The van der Waals surface area contributed by atoms with E-state index in [2.05, 4.69) is 10.2 Å². The van der Waals surface area contributed by atoms with E-state index in [0.717, 1.165) is 42.7 Å². The summed E-state index contributed by atoms with van der Waals surface area (Å²) in [5.41, 5.74) is 7.51. The van der Waals surface area contributed by atoms with Gasteiger partial charge in [0.2, 0.25) is 11.8 Å². The van der Waals surface area contributed by atoms with E-state index in [1.807, 2.05) is 12.1 Å². The number of carbonyl (C=O) groups is 4. The molecular formula is C22H26N4O4. The summed E-state index contributed by atoms with van der Waals surface area (Å²) < 4.78 is 0. The van der Waals surface area contributed by atoms with Crippen LogP contribution in [0.5, 0.6) is 0 Å². The standard InChI is InChI=1S/C22H26N4O4/c23-10-12-8-14-4-5-15(9-12)25(14)11-13-2-1-3-16-19(13)22(30)26(21(16)29)17-6-7-18(27)24-20(17)28/h1-3,12,14-15,17H,4-11,23H2,(H,24,27,28). The molecule has 3 saturated heterocycles. The van der Waals surface area contributed by atoms with Gasteiger partial charge in [0.15, 0.2) is 0 Å². The van der Waals surface area contributed by atoms with E-state index in [1.54, 1.807) is 6.07 Å². The normalized spacial score (nSPS) is 31.3. The number of piperidine rings is 2. The van der Waals surface area contributed by atoms with Crippen LogP contribution < -0.4 is 11.1 Å². The molecule has 4 amide bonds. The molecule has 3 fully saturated rings. The fraction of sp³-hybridized carbons (Fsp3) is 0.545. The molecule has 2 bridgehead atoms. The number of nitrogens with one attached hydrogen (secondary N) is 1. The highest BCUT2D eigenvalue weighted by Gasteiger charge is 2.46. The van der Waals surface area contributed by atoms with Crippen molar-refractivity contribution in [1.29, 1.82) is 0 Å². The van der Waals surface area contributed by atoms with Crippen LogP contribution in [0, 0.1) is 5.92 Å². The van der Waals surface area contributed by atoms with E-state index >= 15 is 0 Å². The lowest BCUT2D eigenvalue weighted by Crippen LogP contribution is -2.54. The molecule has 5 rings (SSSR count). The van der Waals surface area contributed by atoms with Crippen molar-refractivity contribution in [3.8, 4) is 0 Å². The second-order valence-electron chi connectivity index (χ2n) is 8.92. The van der Waals surface area contributed by atoms with Crippen molar-refractivity contribution in [2.75, 3.05) is 6.54 Å². The Bertz CT molecular complexity index is 931. The predicted molar refractivity (Wildman–Crippen MR) is 107 cm³/mol. The Labute approximate surface area is 174 Å². The fourth-order valence-corrected chi connectivity index (χ4v) is 5.75. The molecule has 3 atom stereocenters. The first-order valence-electron chi connectivity index (χ1n) is 10.8. The smallest absolute Gasteiger partial charge is 0.262 e. The van der Waals surface area contributed by atoms with Gasteiger partial charge in [-0.05, 0) is 56.2 Å². The zero-order chi connectivity index (χ0) is 21.0. The molecule has 8 nitrogen and oxygen atoms in total. The summed E-state index contributed by atoms with van der Waals surface area (Å²) >= 11 is 0. The summed E-state index contributed by atoms with van der Waals surface area (Å²) in [6.45, 7) is 1.34. The maximum Gasteiger partial charge on any atom is 0.262 e. The number of hydrogen-bond donors (Lipinski definition) is 2. The molecule has 8 heteroatoms. The number of nitrogens with two attached hydrogens (primary N) is 1. The summed E-state index contributed by atoms with van der Waals surface area (Å²) in [7, 11) is 0. The second kappa shape index (κ2) is 7.28. The van der Waals surface area contributed by atoms with Crippen LogP contribution >= 0.6 is 0 Å². The van der Waals surface area contributed by atoms with Gasteiger partial charge in [0.25, 0.3) is 11.8 Å². The number of hydrogen-bond acceptors (Lipinski definition) is 6. The molecule has 0 saturated carbocycles. The molecule has 0 radical (unpaired) electrons. The molecular weight excluding hydrogens is 384 g/mol. The summed E-state index contributed by atoms with van der Waals surface area (Å²) in [4.78, 5) is 53.6. The Kier molecular flexibility index (Phi) is 4.71. The first-order valence-corrected chi connectivity index (χ1v) is 10.8. The van der Waals surface area contributed by atoms with Crippen LogP contribution in [0.15, 0.2) is 18.2 Å². The number of rotatable bonds is 4. The van der Waals surface area contributed by atoms with Crippen LogP contribution in [0.3, 0.4) is 0 Å². The molecule has 4 aliphatic heterocycles. The van der Waals surface area contributed by atoms with E-state index < -0.39 is 23.8 Å². The Balaban J connectivity index is 1.42. The van der Waals surface area contributed by atoms with Crippen LogP contribution in [-0.4, -0.2) is 58.1 Å². The third kappa shape index (κ3) is 2.97. The van der Waals surface area contributed by atoms with Crippen molar-refractivity contribution < 1.29 is 19.2 Å². The topological polar surface area (TPSA) is 113 Å².